The first-order valence-electron chi connectivity index (χ1n) is 8.95. The lowest BCUT2D eigenvalue weighted by atomic mass is 9.98. The minimum Gasteiger partial charge on any atom is -0.351 e. The van der Waals surface area contributed by atoms with Crippen LogP contribution in [0.5, 0.6) is 0 Å². The molecule has 0 atom stereocenters. The second-order valence-electron chi connectivity index (χ2n) is 7.41. The van der Waals surface area contributed by atoms with Gasteiger partial charge in [0, 0.05) is 41.7 Å². The lowest BCUT2D eigenvalue weighted by molar-refractivity contribution is 0.0956. The molecular formula is C20H24N4OS2. The zero-order valence-corrected chi connectivity index (χ0v) is 17.7. The summed E-state index contributed by atoms with van der Waals surface area (Å²) in [6, 6.07) is 3.92. The first-order chi connectivity index (χ1) is 12.8. The van der Waals surface area contributed by atoms with Crippen molar-refractivity contribution in [3.8, 4) is 11.3 Å². The van der Waals surface area contributed by atoms with Gasteiger partial charge in [-0.15, -0.1) is 22.7 Å². The smallest absolute Gasteiger partial charge is 0.263 e. The Hall–Kier alpha value is -2.12. The number of hydrogen-bond donors (Lipinski definition) is 1. The molecule has 1 N–H and O–H groups in total. The summed E-state index contributed by atoms with van der Waals surface area (Å²) in [7, 11) is 0. The summed E-state index contributed by atoms with van der Waals surface area (Å²) in [6.07, 6.45) is 5.26. The first kappa shape index (κ1) is 19.6. The Labute approximate surface area is 167 Å². The van der Waals surface area contributed by atoms with Gasteiger partial charge in [0.1, 0.15) is 4.88 Å². The molecule has 0 aromatic carbocycles. The summed E-state index contributed by atoms with van der Waals surface area (Å²) in [5, 5.41) is 7.16. The lowest BCUT2D eigenvalue weighted by Crippen LogP contribution is -2.24. The van der Waals surface area contributed by atoms with Crippen LogP contribution in [0.3, 0.4) is 0 Å². The molecule has 0 aliphatic heterocycles. The molecule has 0 spiro atoms. The molecule has 0 fully saturated rings. The maximum Gasteiger partial charge on any atom is 0.263 e. The Balaban J connectivity index is 1.50. The van der Waals surface area contributed by atoms with Crippen molar-refractivity contribution in [1.82, 2.24) is 20.3 Å². The average molecular weight is 401 g/mol. The third kappa shape index (κ3) is 4.99. The summed E-state index contributed by atoms with van der Waals surface area (Å²) in [5.74, 6) is -0.0305. The summed E-state index contributed by atoms with van der Waals surface area (Å²) in [5.41, 5.74) is 2.84. The molecule has 0 aliphatic rings. The number of nitrogens with one attached hydrogen (secondary N) is 1. The highest BCUT2D eigenvalue weighted by Crippen LogP contribution is 2.29. The molecule has 0 saturated carbocycles. The van der Waals surface area contributed by atoms with Crippen LogP contribution in [0.1, 0.15) is 52.6 Å². The number of rotatable bonds is 6. The van der Waals surface area contributed by atoms with Crippen molar-refractivity contribution < 1.29 is 4.79 Å². The van der Waals surface area contributed by atoms with Gasteiger partial charge in [-0.25, -0.2) is 9.97 Å². The van der Waals surface area contributed by atoms with Crippen molar-refractivity contribution in [1.29, 1.82) is 0 Å². The highest BCUT2D eigenvalue weighted by molar-refractivity contribution is 7.14. The molecule has 1 amide bonds. The minimum atomic E-state index is -0.0364. The monoisotopic (exact) mass is 400 g/mol. The van der Waals surface area contributed by atoms with Crippen molar-refractivity contribution in [2.75, 3.05) is 6.54 Å². The molecule has 142 valence electrons. The standard InChI is InChI=1S/C20H24N4OS2/c1-13-17(27-19(23-13)20(2,3)4)18(25)22-9-5-6-16-24-15(12-26-16)14-7-10-21-11-8-14/h7-8,10-12H,5-6,9H2,1-4H3,(H,22,25). The number of aromatic nitrogens is 3. The molecule has 3 rings (SSSR count). The van der Waals surface area contributed by atoms with Gasteiger partial charge in [0.25, 0.3) is 5.91 Å². The van der Waals surface area contributed by atoms with E-state index in [1.807, 2.05) is 19.1 Å². The summed E-state index contributed by atoms with van der Waals surface area (Å²) in [4.78, 5) is 26.4. The number of carbonyl (C=O) groups is 1. The van der Waals surface area contributed by atoms with E-state index in [-0.39, 0.29) is 11.3 Å². The molecule has 0 radical (unpaired) electrons. The highest BCUT2D eigenvalue weighted by atomic mass is 32.1. The zero-order chi connectivity index (χ0) is 19.4. The Kier molecular flexibility index (Phi) is 6.01. The Morgan fingerprint density at radius 3 is 2.59 bits per heavy atom. The number of hydrogen-bond acceptors (Lipinski definition) is 6. The second kappa shape index (κ2) is 8.27. The van der Waals surface area contributed by atoms with Crippen molar-refractivity contribution in [3.05, 3.63) is 50.5 Å². The van der Waals surface area contributed by atoms with Crippen LogP contribution >= 0.6 is 22.7 Å². The van der Waals surface area contributed by atoms with Crippen LogP contribution in [0.4, 0.5) is 0 Å². The van der Waals surface area contributed by atoms with Crippen molar-refractivity contribution >= 4 is 28.6 Å². The molecular weight excluding hydrogens is 376 g/mol. The van der Waals surface area contributed by atoms with E-state index in [9.17, 15) is 4.79 Å². The lowest BCUT2D eigenvalue weighted by Gasteiger charge is -2.13. The van der Waals surface area contributed by atoms with E-state index in [0.717, 1.165) is 39.8 Å². The van der Waals surface area contributed by atoms with Gasteiger partial charge in [0.05, 0.1) is 21.4 Å². The van der Waals surface area contributed by atoms with Gasteiger partial charge in [0.2, 0.25) is 0 Å². The molecule has 0 bridgehead atoms. The Bertz CT molecular complexity index is 910. The first-order valence-corrected chi connectivity index (χ1v) is 10.6. The van der Waals surface area contributed by atoms with E-state index in [1.54, 1.807) is 23.7 Å². The van der Waals surface area contributed by atoms with Gasteiger partial charge in [-0.3, -0.25) is 9.78 Å². The molecule has 0 unspecified atom stereocenters. The highest BCUT2D eigenvalue weighted by Gasteiger charge is 2.22. The molecule has 5 nitrogen and oxygen atoms in total. The van der Waals surface area contributed by atoms with Crippen LogP contribution in [-0.2, 0) is 11.8 Å². The number of amides is 1. The molecule has 3 aromatic heterocycles. The summed E-state index contributed by atoms with van der Waals surface area (Å²) >= 11 is 3.15. The van der Waals surface area contributed by atoms with Crippen molar-refractivity contribution in [2.45, 2.75) is 46.0 Å². The number of thiazole rings is 2. The number of nitrogens with zero attached hydrogens (tertiary/aromatic N) is 3. The van der Waals surface area contributed by atoms with Crippen LogP contribution in [0, 0.1) is 6.92 Å². The van der Waals surface area contributed by atoms with E-state index in [4.69, 9.17) is 0 Å². The van der Waals surface area contributed by atoms with Crippen LogP contribution in [0.2, 0.25) is 0 Å². The maximum absolute atomic E-state index is 12.4. The molecule has 3 aromatic rings. The van der Waals surface area contributed by atoms with E-state index in [0.29, 0.717) is 11.4 Å². The SMILES string of the molecule is Cc1nc(C(C)(C)C)sc1C(=O)NCCCc1nc(-c2ccncc2)cs1. The summed E-state index contributed by atoms with van der Waals surface area (Å²) < 4.78 is 0. The van der Waals surface area contributed by atoms with E-state index < -0.39 is 0 Å². The Morgan fingerprint density at radius 2 is 1.93 bits per heavy atom. The number of aryl methyl sites for hydroxylation is 2. The Morgan fingerprint density at radius 1 is 1.19 bits per heavy atom. The van der Waals surface area contributed by atoms with Gasteiger partial charge in [-0.05, 0) is 25.5 Å². The quantitative estimate of drug-likeness (QED) is 0.613. The minimum absolute atomic E-state index is 0.0305. The molecule has 3 heterocycles. The third-order valence-electron chi connectivity index (χ3n) is 4.03. The fraction of sp³-hybridized carbons (Fsp3) is 0.400. The van der Waals surface area contributed by atoms with E-state index in [1.165, 1.54) is 11.3 Å². The van der Waals surface area contributed by atoms with Gasteiger partial charge in [-0.2, -0.15) is 0 Å². The predicted molar refractivity (Wildman–Crippen MR) is 112 cm³/mol. The van der Waals surface area contributed by atoms with E-state index >= 15 is 0 Å². The van der Waals surface area contributed by atoms with Gasteiger partial charge in [-0.1, -0.05) is 20.8 Å². The largest absolute Gasteiger partial charge is 0.351 e. The molecule has 0 aliphatic carbocycles. The fourth-order valence-corrected chi connectivity index (χ4v) is 4.42. The van der Waals surface area contributed by atoms with Crippen LogP contribution in [0.25, 0.3) is 11.3 Å². The van der Waals surface area contributed by atoms with Crippen molar-refractivity contribution in [2.24, 2.45) is 0 Å². The third-order valence-corrected chi connectivity index (χ3v) is 6.52. The predicted octanol–water partition coefficient (Wildman–Crippen LogP) is 4.63. The fourth-order valence-electron chi connectivity index (χ4n) is 2.53. The second-order valence-corrected chi connectivity index (χ2v) is 9.35. The van der Waals surface area contributed by atoms with Gasteiger partial charge >= 0.3 is 0 Å². The molecule has 27 heavy (non-hydrogen) atoms. The maximum atomic E-state index is 12.4. The van der Waals surface area contributed by atoms with Gasteiger partial charge in [0.15, 0.2) is 0 Å². The average Bonchev–Trinajstić information content (AvgIpc) is 3.26. The van der Waals surface area contributed by atoms with Crippen molar-refractivity contribution in [3.63, 3.8) is 0 Å². The number of pyridine rings is 1. The van der Waals surface area contributed by atoms with Gasteiger partial charge < -0.3 is 5.32 Å². The normalized spacial score (nSPS) is 11.6. The van der Waals surface area contributed by atoms with Crippen LogP contribution < -0.4 is 5.32 Å². The zero-order valence-electron chi connectivity index (χ0n) is 16.1. The molecule has 0 saturated heterocycles. The van der Waals surface area contributed by atoms with E-state index in [2.05, 4.69) is 46.4 Å². The summed E-state index contributed by atoms with van der Waals surface area (Å²) in [6.45, 7) is 8.87. The van der Waals surface area contributed by atoms with Crippen LogP contribution in [-0.4, -0.2) is 27.4 Å². The topological polar surface area (TPSA) is 67.8 Å². The number of carbonyl (C=O) groups excluding carboxylic acids is 1. The van der Waals surface area contributed by atoms with Crippen LogP contribution in [0.15, 0.2) is 29.9 Å². The molecule has 7 heteroatoms.